The fourth-order valence-corrected chi connectivity index (χ4v) is 2.11. The van der Waals surface area contributed by atoms with Crippen LogP contribution in [0.2, 0.25) is 18.1 Å². The zero-order valence-electron chi connectivity index (χ0n) is 5.94. The van der Waals surface area contributed by atoms with Crippen molar-refractivity contribution in [1.29, 1.82) is 0 Å². The zero-order chi connectivity index (χ0) is 7.28. The molecule has 0 rings (SSSR count). The summed E-state index contributed by atoms with van der Waals surface area (Å²) in [6, 6.07) is 2.39. The van der Waals surface area contributed by atoms with Crippen molar-refractivity contribution < 1.29 is 9.90 Å². The minimum atomic E-state index is -0.882. The van der Waals surface area contributed by atoms with Crippen LogP contribution in [0.15, 0.2) is 0 Å². The van der Waals surface area contributed by atoms with Crippen molar-refractivity contribution in [3.05, 3.63) is 0 Å². The minimum absolute atomic E-state index is 0.317. The first-order chi connectivity index (χ1) is 4.20. The quantitative estimate of drug-likeness (QED) is 0.531. The second kappa shape index (κ2) is 4.55. The van der Waals surface area contributed by atoms with Crippen LogP contribution in [0.3, 0.4) is 0 Å². The van der Waals surface area contributed by atoms with Crippen molar-refractivity contribution in [3.63, 3.8) is 0 Å². The molecule has 0 bridgehead atoms. The topological polar surface area (TPSA) is 40.1 Å². The van der Waals surface area contributed by atoms with Crippen LogP contribution in [-0.2, 0) is 4.79 Å². The van der Waals surface area contributed by atoms with E-state index in [1.807, 2.05) is 13.8 Å². The van der Waals surface area contributed by atoms with Gasteiger partial charge in [0.25, 0.3) is 0 Å². The molecule has 0 fully saturated rings. The summed E-state index contributed by atoms with van der Waals surface area (Å²) in [7, 11) is -0.585. The van der Waals surface area contributed by atoms with Gasteiger partial charge in [-0.15, -0.1) is 0 Å². The number of aliphatic carboxylic acids is 1. The number of hydrogen-bond donors (Lipinski definition) is 0. The second-order valence-electron chi connectivity index (χ2n) is 2.01. The molecule has 1 radical (unpaired) electrons. The molecule has 0 saturated heterocycles. The summed E-state index contributed by atoms with van der Waals surface area (Å²) in [6.07, 6.45) is 0. The van der Waals surface area contributed by atoms with E-state index in [-0.39, 0.29) is 0 Å². The third-order valence-corrected chi connectivity index (χ3v) is 4.18. The molecule has 53 valence electrons. The highest BCUT2D eigenvalue weighted by molar-refractivity contribution is 6.61. The highest BCUT2D eigenvalue weighted by Gasteiger charge is 2.04. The van der Waals surface area contributed by atoms with Crippen molar-refractivity contribution in [1.82, 2.24) is 0 Å². The normalized spacial score (nSPS) is 10.1. The predicted octanol–water partition coefficient (Wildman–Crippen LogP) is 0.271. The standard InChI is InChI=1S/C6H13O2Si/c1-3-9(4-2)5-6(7)8/h3-5H2,1-2H3,(H,7,8)/p-1. The van der Waals surface area contributed by atoms with Crippen molar-refractivity contribution in [2.45, 2.75) is 32.0 Å². The lowest BCUT2D eigenvalue weighted by molar-refractivity contribution is -0.302. The smallest absolute Gasteiger partial charge is 0.0535 e. The Kier molecular flexibility index (Phi) is 4.40. The van der Waals surface area contributed by atoms with Gasteiger partial charge in [-0.25, -0.2) is 0 Å². The van der Waals surface area contributed by atoms with Crippen LogP contribution in [0.1, 0.15) is 13.8 Å². The summed E-state index contributed by atoms with van der Waals surface area (Å²) >= 11 is 0. The highest BCUT2D eigenvalue weighted by atomic mass is 28.3. The maximum atomic E-state index is 10.0. The van der Waals surface area contributed by atoms with Crippen LogP contribution in [0.5, 0.6) is 0 Å². The van der Waals surface area contributed by atoms with Gasteiger partial charge in [0.15, 0.2) is 0 Å². The Morgan fingerprint density at radius 3 is 2.00 bits per heavy atom. The van der Waals surface area contributed by atoms with Crippen LogP contribution < -0.4 is 5.11 Å². The number of carbonyl (C=O) groups is 1. The molecular formula is C6H12O2Si-. The molecule has 0 N–H and O–H groups in total. The van der Waals surface area contributed by atoms with E-state index in [0.717, 1.165) is 12.1 Å². The molecule has 0 aliphatic rings. The lowest BCUT2D eigenvalue weighted by atomic mass is 10.8. The third-order valence-electron chi connectivity index (χ3n) is 1.39. The summed E-state index contributed by atoms with van der Waals surface area (Å²) in [6.45, 7) is 4.08. The molecule has 0 aromatic rings. The van der Waals surface area contributed by atoms with Gasteiger partial charge in [0.2, 0.25) is 0 Å². The number of carboxylic acid groups (broad SMARTS) is 1. The summed E-state index contributed by atoms with van der Waals surface area (Å²) in [5, 5.41) is 10.0. The van der Waals surface area contributed by atoms with E-state index >= 15 is 0 Å². The highest BCUT2D eigenvalue weighted by Crippen LogP contribution is 2.02. The Bertz CT molecular complexity index is 89.1. The summed E-state index contributed by atoms with van der Waals surface area (Å²) in [5.41, 5.74) is 0. The van der Waals surface area contributed by atoms with Gasteiger partial charge in [-0.3, -0.25) is 0 Å². The maximum Gasteiger partial charge on any atom is 0.0535 e. The first-order valence-corrected chi connectivity index (χ1v) is 5.36. The van der Waals surface area contributed by atoms with Crippen molar-refractivity contribution in [2.75, 3.05) is 0 Å². The Labute approximate surface area is 57.5 Å². The Morgan fingerprint density at radius 1 is 1.44 bits per heavy atom. The van der Waals surface area contributed by atoms with Gasteiger partial charge in [0.1, 0.15) is 0 Å². The van der Waals surface area contributed by atoms with E-state index in [1.54, 1.807) is 0 Å². The third kappa shape index (κ3) is 4.21. The molecule has 0 atom stereocenters. The van der Waals surface area contributed by atoms with Crippen molar-refractivity contribution in [3.8, 4) is 0 Å². The number of carboxylic acids is 1. The molecule has 0 heterocycles. The Balaban J connectivity index is 3.43. The van der Waals surface area contributed by atoms with Gasteiger partial charge in [-0.2, -0.15) is 0 Å². The van der Waals surface area contributed by atoms with Crippen molar-refractivity contribution >= 4 is 14.8 Å². The lowest BCUT2D eigenvalue weighted by Crippen LogP contribution is -2.27. The molecule has 0 aliphatic carbocycles. The molecule has 0 aliphatic heterocycles. The Hall–Kier alpha value is -0.313. The van der Waals surface area contributed by atoms with Crippen LogP contribution in [0, 0.1) is 0 Å². The summed E-state index contributed by atoms with van der Waals surface area (Å²) < 4.78 is 0. The van der Waals surface area contributed by atoms with Gasteiger partial charge in [0, 0.05) is 5.97 Å². The molecule has 0 amide bonds. The molecule has 3 heteroatoms. The maximum absolute atomic E-state index is 10.0. The summed E-state index contributed by atoms with van der Waals surface area (Å²) in [4.78, 5) is 10.0. The van der Waals surface area contributed by atoms with Crippen LogP contribution in [-0.4, -0.2) is 14.8 Å². The number of hydrogen-bond acceptors (Lipinski definition) is 2. The van der Waals surface area contributed by atoms with E-state index < -0.39 is 14.8 Å². The van der Waals surface area contributed by atoms with E-state index in [0.29, 0.717) is 6.04 Å². The minimum Gasteiger partial charge on any atom is -0.550 e. The van der Waals surface area contributed by atoms with Crippen molar-refractivity contribution in [2.24, 2.45) is 0 Å². The molecule has 0 aromatic heterocycles. The van der Waals surface area contributed by atoms with Crippen LogP contribution in [0.4, 0.5) is 0 Å². The van der Waals surface area contributed by atoms with Gasteiger partial charge < -0.3 is 9.90 Å². The van der Waals surface area contributed by atoms with Gasteiger partial charge in [-0.05, 0) is 6.04 Å². The molecular weight excluding hydrogens is 132 g/mol. The van der Waals surface area contributed by atoms with Gasteiger partial charge in [0.05, 0.1) is 8.80 Å². The molecule has 9 heavy (non-hydrogen) atoms. The molecule has 0 aromatic carbocycles. The van der Waals surface area contributed by atoms with E-state index in [4.69, 9.17) is 0 Å². The SMILES string of the molecule is CC[Si](CC)CC(=O)[O-]. The fourth-order valence-electron chi connectivity index (χ4n) is 0.704. The molecule has 0 unspecified atom stereocenters. The largest absolute Gasteiger partial charge is 0.550 e. The molecule has 0 saturated carbocycles. The van der Waals surface area contributed by atoms with Crippen LogP contribution in [0.25, 0.3) is 0 Å². The van der Waals surface area contributed by atoms with Gasteiger partial charge >= 0.3 is 0 Å². The summed E-state index contributed by atoms with van der Waals surface area (Å²) in [5.74, 6) is -0.882. The van der Waals surface area contributed by atoms with E-state index in [1.165, 1.54) is 0 Å². The average Bonchev–Trinajstić information content (AvgIpc) is 1.82. The Morgan fingerprint density at radius 2 is 1.89 bits per heavy atom. The number of rotatable bonds is 4. The van der Waals surface area contributed by atoms with E-state index in [2.05, 4.69) is 0 Å². The fraction of sp³-hybridized carbons (Fsp3) is 0.833. The zero-order valence-corrected chi connectivity index (χ0v) is 6.94. The van der Waals surface area contributed by atoms with E-state index in [9.17, 15) is 9.90 Å². The lowest BCUT2D eigenvalue weighted by Gasteiger charge is -2.09. The predicted molar refractivity (Wildman–Crippen MR) is 36.5 cm³/mol. The average molecular weight is 144 g/mol. The van der Waals surface area contributed by atoms with Gasteiger partial charge in [-0.1, -0.05) is 25.9 Å². The van der Waals surface area contributed by atoms with Crippen LogP contribution >= 0.6 is 0 Å². The number of carbonyl (C=O) groups excluding carboxylic acids is 1. The second-order valence-corrected chi connectivity index (χ2v) is 5.27. The molecule has 0 spiro atoms. The first-order valence-electron chi connectivity index (χ1n) is 3.24. The monoisotopic (exact) mass is 144 g/mol. The molecule has 2 nitrogen and oxygen atoms in total. The first kappa shape index (κ1) is 8.69.